The summed E-state index contributed by atoms with van der Waals surface area (Å²) in [7, 11) is -3.38. The average Bonchev–Trinajstić information content (AvgIpc) is 2.86. The van der Waals surface area contributed by atoms with Crippen LogP contribution in [-0.2, 0) is 16.4 Å². The van der Waals surface area contributed by atoms with Crippen LogP contribution in [0.4, 0.5) is 5.69 Å². The standard InChI is InChI=1S/C14H22N2O2S/c1-4-11(3)16(5-2)19(17,18)13-6-7-14-12(10-13)8-9-15-14/h6-7,10-11,15H,4-5,8-9H2,1-3H3/t11-/m1/s1. The van der Waals surface area contributed by atoms with E-state index in [-0.39, 0.29) is 6.04 Å². The van der Waals surface area contributed by atoms with E-state index >= 15 is 0 Å². The maximum Gasteiger partial charge on any atom is 0.243 e. The van der Waals surface area contributed by atoms with Crippen molar-refractivity contribution >= 4 is 15.7 Å². The molecule has 19 heavy (non-hydrogen) atoms. The van der Waals surface area contributed by atoms with Crippen LogP contribution in [0.1, 0.15) is 32.8 Å². The molecule has 1 aromatic rings. The number of sulfonamides is 1. The predicted molar refractivity (Wildman–Crippen MR) is 78.0 cm³/mol. The molecule has 0 aliphatic carbocycles. The highest BCUT2D eigenvalue weighted by Gasteiger charge is 2.27. The fourth-order valence-corrected chi connectivity index (χ4v) is 4.26. The molecule has 1 aliphatic heterocycles. The summed E-state index contributed by atoms with van der Waals surface area (Å²) in [5.74, 6) is 0. The van der Waals surface area contributed by atoms with Gasteiger partial charge in [0.05, 0.1) is 4.90 Å². The number of hydrogen-bond donors (Lipinski definition) is 1. The zero-order chi connectivity index (χ0) is 14.0. The third-order valence-electron chi connectivity index (χ3n) is 3.79. The average molecular weight is 282 g/mol. The van der Waals surface area contributed by atoms with Crippen LogP contribution >= 0.6 is 0 Å². The number of nitrogens with one attached hydrogen (secondary N) is 1. The van der Waals surface area contributed by atoms with Crippen LogP contribution in [0.3, 0.4) is 0 Å². The summed E-state index contributed by atoms with van der Waals surface area (Å²) in [4.78, 5) is 0.414. The lowest BCUT2D eigenvalue weighted by atomic mass is 10.2. The van der Waals surface area contributed by atoms with Crippen molar-refractivity contribution < 1.29 is 8.42 Å². The van der Waals surface area contributed by atoms with Crippen molar-refractivity contribution in [2.75, 3.05) is 18.4 Å². The van der Waals surface area contributed by atoms with E-state index in [0.717, 1.165) is 30.6 Å². The molecule has 4 nitrogen and oxygen atoms in total. The minimum absolute atomic E-state index is 0.0291. The molecule has 0 amide bonds. The molecule has 1 aromatic carbocycles. The maximum absolute atomic E-state index is 12.7. The van der Waals surface area contributed by atoms with E-state index in [1.807, 2.05) is 32.9 Å². The maximum atomic E-state index is 12.7. The minimum Gasteiger partial charge on any atom is -0.384 e. The summed E-state index contributed by atoms with van der Waals surface area (Å²) in [5.41, 5.74) is 2.16. The Morgan fingerprint density at radius 1 is 1.37 bits per heavy atom. The molecule has 0 radical (unpaired) electrons. The number of nitrogens with zero attached hydrogens (tertiary/aromatic N) is 1. The molecular formula is C14H22N2O2S. The van der Waals surface area contributed by atoms with Crippen LogP contribution in [0.15, 0.2) is 23.1 Å². The zero-order valence-electron chi connectivity index (χ0n) is 11.8. The van der Waals surface area contributed by atoms with E-state index < -0.39 is 10.0 Å². The highest BCUT2D eigenvalue weighted by molar-refractivity contribution is 7.89. The van der Waals surface area contributed by atoms with Gasteiger partial charge < -0.3 is 5.32 Å². The topological polar surface area (TPSA) is 49.4 Å². The Labute approximate surface area is 115 Å². The van der Waals surface area contributed by atoms with Crippen LogP contribution in [0.25, 0.3) is 0 Å². The molecule has 0 aromatic heterocycles. The van der Waals surface area contributed by atoms with Gasteiger partial charge in [-0.2, -0.15) is 4.31 Å². The lowest BCUT2D eigenvalue weighted by Gasteiger charge is -2.26. The van der Waals surface area contributed by atoms with Gasteiger partial charge in [0.1, 0.15) is 0 Å². The second-order valence-electron chi connectivity index (χ2n) is 4.96. The quantitative estimate of drug-likeness (QED) is 0.902. The second-order valence-corrected chi connectivity index (χ2v) is 6.85. The van der Waals surface area contributed by atoms with Crippen LogP contribution in [-0.4, -0.2) is 31.9 Å². The molecule has 0 saturated carbocycles. The Hall–Kier alpha value is -1.07. The van der Waals surface area contributed by atoms with Crippen molar-refractivity contribution in [3.63, 3.8) is 0 Å². The van der Waals surface area contributed by atoms with Crippen molar-refractivity contribution in [1.82, 2.24) is 4.31 Å². The molecule has 0 bridgehead atoms. The molecule has 0 saturated heterocycles. The Bertz CT molecular complexity index is 555. The van der Waals surface area contributed by atoms with E-state index in [0.29, 0.717) is 11.4 Å². The third-order valence-corrected chi connectivity index (χ3v) is 5.87. The van der Waals surface area contributed by atoms with Gasteiger partial charge in [0.2, 0.25) is 10.0 Å². The van der Waals surface area contributed by atoms with E-state index in [2.05, 4.69) is 5.32 Å². The first-order chi connectivity index (χ1) is 9.00. The molecule has 0 spiro atoms. The monoisotopic (exact) mass is 282 g/mol. The summed E-state index contributed by atoms with van der Waals surface area (Å²) in [6, 6.07) is 5.42. The SMILES string of the molecule is CC[C@@H](C)N(CC)S(=O)(=O)c1ccc2c(c1)CCN2. The second kappa shape index (κ2) is 5.51. The van der Waals surface area contributed by atoms with E-state index in [1.165, 1.54) is 0 Å². The number of rotatable bonds is 5. The Morgan fingerprint density at radius 2 is 2.11 bits per heavy atom. The first-order valence-electron chi connectivity index (χ1n) is 6.89. The Balaban J connectivity index is 2.38. The van der Waals surface area contributed by atoms with Crippen molar-refractivity contribution in [1.29, 1.82) is 0 Å². The van der Waals surface area contributed by atoms with Gasteiger partial charge in [0.15, 0.2) is 0 Å². The van der Waals surface area contributed by atoms with Crippen molar-refractivity contribution in [2.24, 2.45) is 0 Å². The van der Waals surface area contributed by atoms with Crippen molar-refractivity contribution in [3.8, 4) is 0 Å². The zero-order valence-corrected chi connectivity index (χ0v) is 12.6. The molecular weight excluding hydrogens is 260 g/mol. The van der Waals surface area contributed by atoms with Gasteiger partial charge in [-0.05, 0) is 43.5 Å². The molecule has 106 valence electrons. The number of anilines is 1. The molecule has 2 rings (SSSR count). The van der Waals surface area contributed by atoms with Gasteiger partial charge in [-0.15, -0.1) is 0 Å². The lowest BCUT2D eigenvalue weighted by molar-refractivity contribution is 0.342. The summed E-state index contributed by atoms with van der Waals surface area (Å²) in [6.07, 6.45) is 1.72. The van der Waals surface area contributed by atoms with E-state index in [4.69, 9.17) is 0 Å². The Morgan fingerprint density at radius 3 is 2.74 bits per heavy atom. The highest BCUT2D eigenvalue weighted by Crippen LogP contribution is 2.27. The molecule has 5 heteroatoms. The highest BCUT2D eigenvalue weighted by atomic mass is 32.2. The first-order valence-corrected chi connectivity index (χ1v) is 8.33. The first kappa shape index (κ1) is 14.3. The number of hydrogen-bond acceptors (Lipinski definition) is 3. The van der Waals surface area contributed by atoms with Crippen LogP contribution in [0.5, 0.6) is 0 Å². The van der Waals surface area contributed by atoms with Crippen molar-refractivity contribution in [2.45, 2.75) is 44.6 Å². The molecule has 1 N–H and O–H groups in total. The van der Waals surface area contributed by atoms with E-state index in [9.17, 15) is 8.42 Å². The van der Waals surface area contributed by atoms with Gasteiger partial charge in [-0.1, -0.05) is 13.8 Å². The summed E-state index contributed by atoms with van der Waals surface area (Å²) < 4.78 is 26.9. The minimum atomic E-state index is -3.38. The number of fused-ring (bicyclic) bond motifs is 1. The third kappa shape index (κ3) is 2.62. The normalized spacial score (nSPS) is 16.2. The summed E-state index contributed by atoms with van der Waals surface area (Å²) in [6.45, 7) is 7.25. The van der Waals surface area contributed by atoms with Gasteiger partial charge in [0.25, 0.3) is 0 Å². The van der Waals surface area contributed by atoms with Crippen LogP contribution < -0.4 is 5.32 Å². The van der Waals surface area contributed by atoms with Crippen LogP contribution in [0, 0.1) is 0 Å². The molecule has 1 aliphatic rings. The van der Waals surface area contributed by atoms with E-state index in [1.54, 1.807) is 10.4 Å². The summed E-state index contributed by atoms with van der Waals surface area (Å²) >= 11 is 0. The van der Waals surface area contributed by atoms with Gasteiger partial charge in [-0.25, -0.2) is 8.42 Å². The van der Waals surface area contributed by atoms with Gasteiger partial charge >= 0.3 is 0 Å². The number of benzene rings is 1. The smallest absolute Gasteiger partial charge is 0.243 e. The van der Waals surface area contributed by atoms with Crippen LogP contribution in [0.2, 0.25) is 0 Å². The van der Waals surface area contributed by atoms with Gasteiger partial charge in [0, 0.05) is 24.8 Å². The van der Waals surface area contributed by atoms with Gasteiger partial charge in [-0.3, -0.25) is 0 Å². The molecule has 0 unspecified atom stereocenters. The van der Waals surface area contributed by atoms with Crippen molar-refractivity contribution in [3.05, 3.63) is 23.8 Å². The fraction of sp³-hybridized carbons (Fsp3) is 0.571. The summed E-state index contributed by atoms with van der Waals surface area (Å²) in [5, 5.41) is 3.25. The molecule has 1 heterocycles. The lowest BCUT2D eigenvalue weighted by Crippen LogP contribution is -2.38. The predicted octanol–water partition coefficient (Wildman–Crippen LogP) is 2.46. The Kier molecular flexibility index (Phi) is 4.16. The molecule has 1 atom stereocenters. The largest absolute Gasteiger partial charge is 0.384 e. The molecule has 0 fully saturated rings. The fourth-order valence-electron chi connectivity index (χ4n) is 2.50.